The molecule has 1 saturated heterocycles. The van der Waals surface area contributed by atoms with Gasteiger partial charge in [0.2, 0.25) is 0 Å². The van der Waals surface area contributed by atoms with Crippen molar-refractivity contribution in [2.45, 2.75) is 102 Å². The Morgan fingerprint density at radius 1 is 0.776 bits per heavy atom. The summed E-state index contributed by atoms with van der Waals surface area (Å²) in [6.45, 7) is 12.6. The number of ether oxygens (including phenoxy) is 5. The lowest BCUT2D eigenvalue weighted by atomic mass is 9.80. The summed E-state index contributed by atoms with van der Waals surface area (Å²) in [6.07, 6.45) is 1.14. The minimum atomic E-state index is -2.67. The Labute approximate surface area is 393 Å². The Balaban J connectivity index is 1.27. The average molecular weight is 925 g/mol. The van der Waals surface area contributed by atoms with E-state index in [1.807, 2.05) is 120 Å². The van der Waals surface area contributed by atoms with Gasteiger partial charge < -0.3 is 37.5 Å². The minimum Gasteiger partial charge on any atom is -0.497 e. The molecule has 1 amide bonds. The van der Waals surface area contributed by atoms with E-state index in [4.69, 9.17) is 38.1 Å². The van der Waals surface area contributed by atoms with Crippen molar-refractivity contribution in [1.82, 2.24) is 14.5 Å². The summed E-state index contributed by atoms with van der Waals surface area (Å²) in [5, 5.41) is 0.495. The largest absolute Gasteiger partial charge is 0.497 e. The van der Waals surface area contributed by atoms with Crippen LogP contribution in [-0.4, -0.2) is 86.2 Å². The number of ketones is 1. The number of carbonyl (C=O) groups is 3. The minimum absolute atomic E-state index is 0.0281. The van der Waals surface area contributed by atoms with Crippen LogP contribution in [0.25, 0.3) is 11.0 Å². The quantitative estimate of drug-likeness (QED) is 0.0521. The molecule has 4 atom stereocenters. The first-order valence-electron chi connectivity index (χ1n) is 22.9. The number of aromatic nitrogens is 3. The van der Waals surface area contributed by atoms with Gasteiger partial charge in [0.15, 0.2) is 20.6 Å². The summed E-state index contributed by atoms with van der Waals surface area (Å²) in [6, 6.07) is 34.7. The normalized spacial score (nSPS) is 18.7. The van der Waals surface area contributed by atoms with Gasteiger partial charge in [-0.2, -0.15) is 0 Å². The first-order valence-corrected chi connectivity index (χ1v) is 25.8. The third kappa shape index (κ3) is 9.53. The summed E-state index contributed by atoms with van der Waals surface area (Å²) < 4.78 is 41.7. The van der Waals surface area contributed by atoms with Crippen molar-refractivity contribution in [3.05, 3.63) is 150 Å². The molecule has 1 fully saturated rings. The summed E-state index contributed by atoms with van der Waals surface area (Å²) >= 11 is 0. The van der Waals surface area contributed by atoms with Gasteiger partial charge in [0.1, 0.15) is 52.9 Å². The van der Waals surface area contributed by atoms with Crippen molar-refractivity contribution in [3.63, 3.8) is 0 Å². The number of carbonyl (C=O) groups excluding carboxylic acids is 3. The van der Waals surface area contributed by atoms with Gasteiger partial charge in [0.25, 0.3) is 5.91 Å². The molecule has 14 heteroatoms. The molecule has 13 nitrogen and oxygen atoms in total. The van der Waals surface area contributed by atoms with Crippen LogP contribution in [0.2, 0.25) is 18.1 Å². The van der Waals surface area contributed by atoms with Crippen LogP contribution in [0.15, 0.2) is 122 Å². The van der Waals surface area contributed by atoms with E-state index < -0.39 is 44.4 Å². The van der Waals surface area contributed by atoms with Crippen molar-refractivity contribution < 1.29 is 42.5 Å². The zero-order valence-electron chi connectivity index (χ0n) is 39.6. The highest BCUT2D eigenvalue weighted by Crippen LogP contribution is 2.47. The van der Waals surface area contributed by atoms with Crippen molar-refractivity contribution in [1.29, 1.82) is 0 Å². The van der Waals surface area contributed by atoms with E-state index in [0.29, 0.717) is 47.9 Å². The van der Waals surface area contributed by atoms with Gasteiger partial charge in [-0.25, -0.2) is 9.97 Å². The zero-order valence-corrected chi connectivity index (χ0v) is 40.6. The number of esters is 1. The van der Waals surface area contributed by atoms with Crippen LogP contribution >= 0.6 is 0 Å². The second-order valence-electron chi connectivity index (χ2n) is 18.8. The van der Waals surface area contributed by atoms with E-state index in [1.165, 1.54) is 13.3 Å². The molecule has 2 aliphatic rings. The van der Waals surface area contributed by atoms with Crippen molar-refractivity contribution in [3.8, 4) is 11.5 Å². The summed E-state index contributed by atoms with van der Waals surface area (Å²) in [7, 11) is 0.590. The molecule has 6 aromatic rings. The van der Waals surface area contributed by atoms with Gasteiger partial charge >= 0.3 is 5.97 Å². The Morgan fingerprint density at radius 2 is 1.37 bits per heavy atom. The molecule has 67 heavy (non-hydrogen) atoms. The molecule has 0 aliphatic carbocycles. The molecule has 8 rings (SSSR count). The number of methoxy groups -OCH3 is 2. The van der Waals surface area contributed by atoms with E-state index in [0.717, 1.165) is 27.6 Å². The first-order chi connectivity index (χ1) is 32.1. The van der Waals surface area contributed by atoms with E-state index in [1.54, 1.807) is 19.1 Å². The van der Waals surface area contributed by atoms with Crippen molar-refractivity contribution >= 4 is 42.8 Å². The highest BCUT2D eigenvalue weighted by molar-refractivity contribution is 6.74. The van der Waals surface area contributed by atoms with Crippen molar-refractivity contribution in [2.75, 3.05) is 32.3 Å². The van der Waals surface area contributed by atoms with Crippen LogP contribution in [0.1, 0.15) is 85.8 Å². The van der Waals surface area contributed by atoms with Gasteiger partial charge in [-0.1, -0.05) is 93.6 Å². The van der Waals surface area contributed by atoms with Crippen LogP contribution in [0.5, 0.6) is 11.5 Å². The molecule has 0 saturated carbocycles. The van der Waals surface area contributed by atoms with Gasteiger partial charge in [0.05, 0.1) is 32.6 Å². The second kappa shape index (κ2) is 19.6. The summed E-state index contributed by atoms with van der Waals surface area (Å²) in [5.41, 5.74) is 3.34. The maximum Gasteiger partial charge on any atom is 0.306 e. The summed E-state index contributed by atoms with van der Waals surface area (Å²) in [5.74, 6) is 1.06. The van der Waals surface area contributed by atoms with Gasteiger partial charge in [-0.3, -0.25) is 14.5 Å². The van der Waals surface area contributed by atoms with E-state index in [2.05, 4.69) is 33.9 Å². The average Bonchev–Trinajstić information content (AvgIpc) is 3.79. The molecule has 350 valence electrons. The van der Waals surface area contributed by atoms with E-state index in [9.17, 15) is 14.4 Å². The lowest BCUT2D eigenvalue weighted by Crippen LogP contribution is -2.50. The van der Waals surface area contributed by atoms with Gasteiger partial charge in [-0.05, 0) is 96.5 Å². The van der Waals surface area contributed by atoms with Crippen molar-refractivity contribution in [2.24, 2.45) is 0 Å². The fourth-order valence-electron chi connectivity index (χ4n) is 8.82. The maximum atomic E-state index is 14.1. The van der Waals surface area contributed by atoms with Crippen LogP contribution in [-0.2, 0) is 40.2 Å². The number of nitrogens with zero attached hydrogens (tertiary/aromatic N) is 4. The number of benzene rings is 4. The predicted molar refractivity (Wildman–Crippen MR) is 258 cm³/mol. The third-order valence-corrected chi connectivity index (χ3v) is 17.9. The topological polar surface area (TPSA) is 141 Å². The molecular formula is C53H60N4O9Si. The fraction of sp³-hybridized carbons (Fsp3) is 0.377. The van der Waals surface area contributed by atoms with Crippen LogP contribution < -0.4 is 14.4 Å². The van der Waals surface area contributed by atoms with Crippen LogP contribution in [0.4, 0.5) is 5.82 Å². The molecule has 0 N–H and O–H groups in total. The van der Waals surface area contributed by atoms with Gasteiger partial charge in [-0.15, -0.1) is 0 Å². The molecular weight excluding hydrogens is 865 g/mol. The van der Waals surface area contributed by atoms with E-state index in [-0.39, 0.29) is 36.2 Å². The molecule has 2 aliphatic heterocycles. The van der Waals surface area contributed by atoms with Gasteiger partial charge in [0, 0.05) is 24.7 Å². The number of rotatable bonds is 16. The predicted octanol–water partition coefficient (Wildman–Crippen LogP) is 9.62. The number of Topliss-reactive ketones (excluding diaryl/α,β-unsaturated/α-hetero) is 1. The number of amides is 1. The number of hydrogen-bond acceptors (Lipinski definition) is 11. The summed E-state index contributed by atoms with van der Waals surface area (Å²) in [4.78, 5) is 51.6. The number of aryl methyl sites for hydroxylation is 1. The zero-order chi connectivity index (χ0) is 47.5. The maximum absolute atomic E-state index is 14.1. The lowest BCUT2D eigenvalue weighted by molar-refractivity contribution is -0.159. The molecule has 4 aromatic carbocycles. The third-order valence-electron chi connectivity index (χ3n) is 13.4. The number of anilines is 1. The highest BCUT2D eigenvalue weighted by Gasteiger charge is 2.54. The molecule has 0 radical (unpaired) electrons. The fourth-order valence-corrected chi connectivity index (χ4v) is 10.1. The SMILES string of the molecule is COc1ccc(C(OC[C@H]2O[C@@H](n3cc4c5c(ncnc53)N(C(=O)c3ccccc3)CCC4)[C@H](O[Si](C)(C)C(C)(C)C)[C@@H]2OC(=O)CCC(C)=O)(c2ccccc2)c2ccc(OC)cc2)cc1. The molecule has 4 heterocycles. The molecule has 0 unspecified atom stereocenters. The van der Waals surface area contributed by atoms with Crippen LogP contribution in [0, 0.1) is 0 Å². The molecule has 0 spiro atoms. The molecule has 0 bridgehead atoms. The monoisotopic (exact) mass is 924 g/mol. The molecule has 2 aromatic heterocycles. The Kier molecular flexibility index (Phi) is 13.8. The standard InChI is InChI=1S/C53H60N4O9Si/c1-35(58)21-30-44(59)65-46-43(33-63-53(38-19-13-10-14-20-38,39-22-26-41(61-5)27-23-39)40-24-28-42(62-6)29-25-40)64-51(47(46)66-67(7,8)52(2,3)4)57-32-37-18-15-31-56(48-45(37)49(57)55-34-54-48)50(60)36-16-11-9-12-17-36/h9-14,16-17,19-20,22-29,32,34,43,46-47,51H,15,18,21,30-31,33H2,1-8H3/t43-,46-,47-,51-/m1/s1. The smallest absolute Gasteiger partial charge is 0.306 e. The highest BCUT2D eigenvalue weighted by atomic mass is 28.4. The number of hydrogen-bond donors (Lipinski definition) is 0. The lowest BCUT2D eigenvalue weighted by Gasteiger charge is -2.40. The Hall–Kier alpha value is -6.19. The second-order valence-corrected chi connectivity index (χ2v) is 23.5. The van der Waals surface area contributed by atoms with E-state index >= 15 is 0 Å². The van der Waals surface area contributed by atoms with Crippen LogP contribution in [0.3, 0.4) is 0 Å². The first kappa shape index (κ1) is 47.3. The Morgan fingerprint density at radius 3 is 1.96 bits per heavy atom. The Bertz CT molecular complexity index is 2640.